The molecule has 0 saturated carbocycles. The molecular formula is C14H6BrCl2NO3. The van der Waals surface area contributed by atoms with Crippen LogP contribution in [0, 0.1) is 0 Å². The number of rotatable bonds is 2. The molecule has 21 heavy (non-hydrogen) atoms. The highest BCUT2D eigenvalue weighted by Gasteiger charge is 2.26. The zero-order valence-electron chi connectivity index (χ0n) is 10.3. The van der Waals surface area contributed by atoms with Crippen molar-refractivity contribution in [3.05, 3.63) is 62.1 Å². The van der Waals surface area contributed by atoms with Crippen LogP contribution in [-0.4, -0.2) is 11.9 Å². The molecule has 0 spiro atoms. The minimum Gasteiger partial charge on any atom is -0.444 e. The summed E-state index contributed by atoms with van der Waals surface area (Å²) in [7, 11) is 0. The molecule has 0 unspecified atom stereocenters. The number of halogens is 3. The summed E-state index contributed by atoms with van der Waals surface area (Å²) in [6.07, 6.45) is 1.57. The lowest BCUT2D eigenvalue weighted by molar-refractivity contribution is -0.130. The molecule has 0 bridgehead atoms. The molecule has 1 aromatic carbocycles. The van der Waals surface area contributed by atoms with Gasteiger partial charge in [0.2, 0.25) is 0 Å². The summed E-state index contributed by atoms with van der Waals surface area (Å²) >= 11 is 14.9. The summed E-state index contributed by atoms with van der Waals surface area (Å²) in [4.78, 5) is 15.9. The third-order valence-corrected chi connectivity index (χ3v) is 3.82. The molecule has 0 fully saturated rings. The summed E-state index contributed by atoms with van der Waals surface area (Å²) in [6.45, 7) is 0. The summed E-state index contributed by atoms with van der Waals surface area (Å²) in [5.41, 5.74) is 0.859. The van der Waals surface area contributed by atoms with E-state index in [1.165, 1.54) is 0 Å². The van der Waals surface area contributed by atoms with Crippen molar-refractivity contribution in [2.24, 2.45) is 4.99 Å². The maximum Gasteiger partial charge on any atom is 0.363 e. The second kappa shape index (κ2) is 5.67. The number of carbonyl (C=O) groups excluding carboxylic acids is 1. The van der Waals surface area contributed by atoms with Crippen molar-refractivity contribution in [3.8, 4) is 0 Å². The maximum atomic E-state index is 11.8. The molecule has 1 aliphatic rings. The summed E-state index contributed by atoms with van der Waals surface area (Å²) in [6, 6.07) is 8.35. The maximum absolute atomic E-state index is 11.8. The Morgan fingerprint density at radius 1 is 1.14 bits per heavy atom. The number of nitrogens with zero attached hydrogens (tertiary/aromatic N) is 1. The van der Waals surface area contributed by atoms with Crippen LogP contribution < -0.4 is 0 Å². The minimum absolute atomic E-state index is 0.122. The molecule has 0 atom stereocenters. The Morgan fingerprint density at radius 2 is 1.95 bits per heavy atom. The van der Waals surface area contributed by atoms with Crippen molar-refractivity contribution in [3.63, 3.8) is 0 Å². The van der Waals surface area contributed by atoms with E-state index in [2.05, 4.69) is 20.9 Å². The van der Waals surface area contributed by atoms with Crippen molar-refractivity contribution in [1.82, 2.24) is 0 Å². The zero-order valence-corrected chi connectivity index (χ0v) is 13.4. The van der Waals surface area contributed by atoms with E-state index >= 15 is 0 Å². The van der Waals surface area contributed by atoms with Crippen molar-refractivity contribution < 1.29 is 13.9 Å². The average Bonchev–Trinajstić information content (AvgIpc) is 3.01. The second-order valence-corrected chi connectivity index (χ2v) is 5.71. The molecule has 0 amide bonds. The largest absolute Gasteiger partial charge is 0.444 e. The van der Waals surface area contributed by atoms with Crippen LogP contribution in [0.15, 0.2) is 50.1 Å². The molecule has 0 saturated heterocycles. The standard InChI is InChI=1S/C14H6BrCl2NO3/c15-12-4-3-11(20-12)13-18-10(14(19)21-13)6-7-1-2-8(16)9(17)5-7/h1-6H/b10-6-. The smallest absolute Gasteiger partial charge is 0.363 e. The van der Waals surface area contributed by atoms with E-state index < -0.39 is 5.97 Å². The number of furan rings is 1. The number of carbonyl (C=O) groups is 1. The molecule has 2 aromatic rings. The molecule has 4 nitrogen and oxygen atoms in total. The average molecular weight is 387 g/mol. The van der Waals surface area contributed by atoms with Gasteiger partial charge in [-0.1, -0.05) is 29.3 Å². The van der Waals surface area contributed by atoms with Crippen LogP contribution in [-0.2, 0) is 9.53 Å². The van der Waals surface area contributed by atoms with Crippen LogP contribution in [0.5, 0.6) is 0 Å². The molecular weight excluding hydrogens is 381 g/mol. The molecule has 0 N–H and O–H groups in total. The second-order valence-electron chi connectivity index (χ2n) is 4.11. The van der Waals surface area contributed by atoms with Crippen LogP contribution in [0.25, 0.3) is 6.08 Å². The van der Waals surface area contributed by atoms with E-state index in [-0.39, 0.29) is 11.6 Å². The molecule has 106 valence electrons. The van der Waals surface area contributed by atoms with E-state index in [4.69, 9.17) is 32.4 Å². The van der Waals surface area contributed by atoms with Gasteiger partial charge in [-0.25, -0.2) is 9.79 Å². The number of hydrogen-bond donors (Lipinski definition) is 0. The molecule has 1 aromatic heterocycles. The van der Waals surface area contributed by atoms with Gasteiger partial charge in [-0.15, -0.1) is 0 Å². The summed E-state index contributed by atoms with van der Waals surface area (Å²) < 4.78 is 10.9. The third kappa shape index (κ3) is 3.05. The Morgan fingerprint density at radius 3 is 2.62 bits per heavy atom. The van der Waals surface area contributed by atoms with Crippen molar-refractivity contribution in [2.45, 2.75) is 0 Å². The fraction of sp³-hybridized carbons (Fsp3) is 0. The topological polar surface area (TPSA) is 51.8 Å². The molecule has 0 aliphatic carbocycles. The molecule has 1 aliphatic heterocycles. The van der Waals surface area contributed by atoms with E-state index in [0.29, 0.717) is 26.0 Å². The fourth-order valence-electron chi connectivity index (χ4n) is 1.70. The van der Waals surface area contributed by atoms with Gasteiger partial charge in [0, 0.05) is 0 Å². The molecule has 2 heterocycles. The molecule has 3 rings (SSSR count). The van der Waals surface area contributed by atoms with Crippen molar-refractivity contribution in [1.29, 1.82) is 0 Å². The summed E-state index contributed by atoms with van der Waals surface area (Å²) in [5, 5.41) is 0.842. The highest BCUT2D eigenvalue weighted by Crippen LogP contribution is 2.26. The fourth-order valence-corrected chi connectivity index (χ4v) is 2.32. The molecule has 0 radical (unpaired) electrons. The van der Waals surface area contributed by atoms with Crippen LogP contribution in [0.1, 0.15) is 11.3 Å². The Kier molecular flexibility index (Phi) is 3.89. The minimum atomic E-state index is -0.552. The summed E-state index contributed by atoms with van der Waals surface area (Å²) in [5.74, 6) is -0.0617. The first-order valence-corrected chi connectivity index (χ1v) is 7.31. The Labute approximate surface area is 138 Å². The van der Waals surface area contributed by atoms with Crippen LogP contribution in [0.3, 0.4) is 0 Å². The lowest BCUT2D eigenvalue weighted by atomic mass is 10.2. The van der Waals surface area contributed by atoms with Crippen molar-refractivity contribution in [2.75, 3.05) is 0 Å². The van der Waals surface area contributed by atoms with Gasteiger partial charge in [0.05, 0.1) is 10.0 Å². The number of aliphatic imine (C=N–C) groups is 1. The number of ether oxygens (including phenoxy) is 1. The predicted octanol–water partition coefficient (Wildman–Crippen LogP) is 4.69. The Hall–Kier alpha value is -1.56. The Bertz CT molecular complexity index is 795. The number of cyclic esters (lactones) is 1. The Balaban J connectivity index is 1.94. The van der Waals surface area contributed by atoms with E-state index in [1.54, 1.807) is 36.4 Å². The first-order valence-electron chi connectivity index (χ1n) is 5.76. The zero-order chi connectivity index (χ0) is 15.0. The van der Waals surface area contributed by atoms with Gasteiger partial charge in [-0.05, 0) is 51.8 Å². The normalized spacial score (nSPS) is 16.2. The van der Waals surface area contributed by atoms with Crippen LogP contribution in [0.2, 0.25) is 10.0 Å². The van der Waals surface area contributed by atoms with E-state index in [1.807, 2.05) is 0 Å². The van der Waals surface area contributed by atoms with Crippen molar-refractivity contribution >= 4 is 57.1 Å². The number of benzene rings is 1. The highest BCUT2D eigenvalue weighted by molar-refractivity contribution is 9.10. The van der Waals surface area contributed by atoms with Gasteiger partial charge in [-0.2, -0.15) is 0 Å². The molecule has 7 heteroatoms. The monoisotopic (exact) mass is 385 g/mol. The van der Waals surface area contributed by atoms with Crippen LogP contribution >= 0.6 is 39.1 Å². The first-order chi connectivity index (χ1) is 10.0. The first kappa shape index (κ1) is 14.4. The van der Waals surface area contributed by atoms with Crippen LogP contribution in [0.4, 0.5) is 0 Å². The lowest BCUT2D eigenvalue weighted by Crippen LogP contribution is -2.04. The lowest BCUT2D eigenvalue weighted by Gasteiger charge is -1.97. The van der Waals surface area contributed by atoms with E-state index in [9.17, 15) is 4.79 Å². The predicted molar refractivity (Wildman–Crippen MR) is 83.5 cm³/mol. The van der Waals surface area contributed by atoms with Gasteiger partial charge in [0.15, 0.2) is 16.1 Å². The van der Waals surface area contributed by atoms with Gasteiger partial charge < -0.3 is 9.15 Å². The van der Waals surface area contributed by atoms with Gasteiger partial charge >= 0.3 is 5.97 Å². The third-order valence-electron chi connectivity index (χ3n) is 2.65. The van der Waals surface area contributed by atoms with E-state index in [0.717, 1.165) is 0 Å². The highest BCUT2D eigenvalue weighted by atomic mass is 79.9. The van der Waals surface area contributed by atoms with Gasteiger partial charge in [0.1, 0.15) is 0 Å². The number of esters is 1. The number of hydrogen-bond acceptors (Lipinski definition) is 4. The van der Waals surface area contributed by atoms with Gasteiger partial charge in [-0.3, -0.25) is 0 Å². The SMILES string of the molecule is O=C1OC(c2ccc(Br)o2)=N/C1=C\c1ccc(Cl)c(Cl)c1. The quantitative estimate of drug-likeness (QED) is 0.555. The van der Waals surface area contributed by atoms with Gasteiger partial charge in [0.25, 0.3) is 5.90 Å².